The van der Waals surface area contributed by atoms with Crippen molar-refractivity contribution in [1.82, 2.24) is 0 Å². The topological polar surface area (TPSA) is 66.4 Å². The molecule has 0 fully saturated rings. The summed E-state index contributed by atoms with van der Waals surface area (Å²) in [4.78, 5) is -0.0446. The van der Waals surface area contributed by atoms with Crippen molar-refractivity contribution in [1.29, 1.82) is 0 Å². The van der Waals surface area contributed by atoms with Crippen LogP contribution >= 0.6 is 11.6 Å². The molecule has 0 aliphatic heterocycles. The fourth-order valence-electron chi connectivity index (χ4n) is 1.59. The summed E-state index contributed by atoms with van der Waals surface area (Å²) in [6, 6.07) is 7.21. The Bertz CT molecular complexity index is 742. The molecule has 2 aromatic rings. The van der Waals surface area contributed by atoms with Crippen LogP contribution in [0.5, 0.6) is 5.75 Å². The van der Waals surface area contributed by atoms with Crippen LogP contribution in [0.4, 0.5) is 10.1 Å². The molecule has 0 atom stereocenters. The van der Waals surface area contributed by atoms with Gasteiger partial charge in [-0.15, -0.1) is 0 Å². The minimum absolute atomic E-state index is 0.0446. The van der Waals surface area contributed by atoms with Crippen LogP contribution < -0.4 is 4.72 Å². The number of benzene rings is 2. The summed E-state index contributed by atoms with van der Waals surface area (Å²) in [6.45, 7) is 1.75. The number of phenolic OH excluding ortho intramolecular Hbond substituents is 1. The average Bonchev–Trinajstić information content (AvgIpc) is 2.30. The van der Waals surface area contributed by atoms with Crippen molar-refractivity contribution in [3.63, 3.8) is 0 Å². The molecule has 0 saturated carbocycles. The Kier molecular flexibility index (Phi) is 3.87. The van der Waals surface area contributed by atoms with Crippen LogP contribution in [-0.2, 0) is 10.0 Å². The summed E-state index contributed by atoms with van der Waals surface area (Å²) in [5.41, 5.74) is 0.674. The Balaban J connectivity index is 2.37. The van der Waals surface area contributed by atoms with Gasteiger partial charge in [-0.25, -0.2) is 12.8 Å². The molecule has 106 valence electrons. The average molecular weight is 316 g/mol. The Labute approximate surface area is 120 Å². The van der Waals surface area contributed by atoms with Crippen molar-refractivity contribution in [2.75, 3.05) is 4.72 Å². The molecule has 2 aromatic carbocycles. The second kappa shape index (κ2) is 5.30. The molecule has 0 unspecified atom stereocenters. The van der Waals surface area contributed by atoms with E-state index >= 15 is 0 Å². The number of aryl methyl sites for hydroxylation is 1. The maximum absolute atomic E-state index is 13.1. The van der Waals surface area contributed by atoms with Crippen molar-refractivity contribution in [3.8, 4) is 5.75 Å². The first-order valence-corrected chi connectivity index (χ1v) is 7.42. The molecule has 0 bridgehead atoms. The predicted molar refractivity (Wildman–Crippen MR) is 75.1 cm³/mol. The minimum Gasteiger partial charge on any atom is -0.508 e. The van der Waals surface area contributed by atoms with Gasteiger partial charge in [-0.2, -0.15) is 0 Å². The van der Waals surface area contributed by atoms with Crippen molar-refractivity contribution in [3.05, 3.63) is 52.8 Å². The van der Waals surface area contributed by atoms with Gasteiger partial charge < -0.3 is 5.11 Å². The second-order valence-corrected chi connectivity index (χ2v) is 6.30. The molecule has 2 rings (SSSR count). The second-order valence-electron chi connectivity index (χ2n) is 4.21. The number of phenols is 1. The Morgan fingerprint density at radius 1 is 1.20 bits per heavy atom. The molecule has 2 N–H and O–H groups in total. The molecule has 0 spiro atoms. The van der Waals surface area contributed by atoms with Gasteiger partial charge >= 0.3 is 0 Å². The lowest BCUT2D eigenvalue weighted by Gasteiger charge is -2.09. The molecule has 0 heterocycles. The van der Waals surface area contributed by atoms with E-state index in [1.54, 1.807) is 13.0 Å². The number of nitrogens with one attached hydrogen (secondary N) is 1. The molecule has 0 amide bonds. The number of rotatable bonds is 3. The third-order valence-electron chi connectivity index (χ3n) is 2.59. The number of halogens is 2. The van der Waals surface area contributed by atoms with Gasteiger partial charge in [0.15, 0.2) is 0 Å². The third-order valence-corrected chi connectivity index (χ3v) is 4.37. The zero-order valence-corrected chi connectivity index (χ0v) is 12.0. The van der Waals surface area contributed by atoms with Crippen LogP contribution in [0.2, 0.25) is 5.02 Å². The minimum atomic E-state index is -3.90. The number of anilines is 1. The summed E-state index contributed by atoms with van der Waals surface area (Å²) < 4.78 is 39.5. The Hall–Kier alpha value is -1.79. The molecule has 0 aliphatic rings. The normalized spacial score (nSPS) is 11.3. The smallest absolute Gasteiger partial charge is 0.261 e. The highest BCUT2D eigenvalue weighted by atomic mass is 35.5. The van der Waals surface area contributed by atoms with Crippen LogP contribution in [0.3, 0.4) is 0 Å². The molecule has 7 heteroatoms. The molecule has 0 radical (unpaired) electrons. The van der Waals surface area contributed by atoms with E-state index in [2.05, 4.69) is 4.72 Å². The molecule has 0 aromatic heterocycles. The lowest BCUT2D eigenvalue weighted by Crippen LogP contribution is -2.13. The first-order valence-electron chi connectivity index (χ1n) is 5.56. The molecule has 4 nitrogen and oxygen atoms in total. The standard InChI is InChI=1S/C13H11ClFNO3S/c1-8-2-3-12(7-13(8)14)20(18,19)16-10-4-9(15)5-11(17)6-10/h2-7,16-17H,1H3. The van der Waals surface area contributed by atoms with Crippen molar-refractivity contribution in [2.24, 2.45) is 0 Å². The van der Waals surface area contributed by atoms with Gasteiger partial charge in [-0.05, 0) is 30.7 Å². The van der Waals surface area contributed by atoms with E-state index in [1.807, 2.05) is 0 Å². The summed E-state index contributed by atoms with van der Waals surface area (Å²) in [7, 11) is -3.90. The number of hydrogen-bond donors (Lipinski definition) is 2. The van der Waals surface area contributed by atoms with E-state index in [-0.39, 0.29) is 16.3 Å². The first kappa shape index (κ1) is 14.6. The fourth-order valence-corrected chi connectivity index (χ4v) is 2.90. The summed E-state index contributed by atoms with van der Waals surface area (Å²) in [5, 5.41) is 9.56. The van der Waals surface area contributed by atoms with Crippen LogP contribution in [0.1, 0.15) is 5.56 Å². The van der Waals surface area contributed by atoms with Crippen molar-refractivity contribution >= 4 is 27.3 Å². The highest BCUT2D eigenvalue weighted by Gasteiger charge is 2.16. The van der Waals surface area contributed by atoms with Gasteiger partial charge in [0.1, 0.15) is 11.6 Å². The monoisotopic (exact) mass is 315 g/mol. The molecular weight excluding hydrogens is 305 g/mol. The van der Waals surface area contributed by atoms with E-state index in [0.717, 1.165) is 23.8 Å². The van der Waals surface area contributed by atoms with Crippen molar-refractivity contribution in [2.45, 2.75) is 11.8 Å². The maximum atomic E-state index is 13.1. The lowest BCUT2D eigenvalue weighted by molar-refractivity contribution is 0.469. The van der Waals surface area contributed by atoms with E-state index < -0.39 is 15.8 Å². The molecule has 0 aliphatic carbocycles. The van der Waals surface area contributed by atoms with Crippen LogP contribution in [0, 0.1) is 12.7 Å². The highest BCUT2D eigenvalue weighted by Crippen LogP contribution is 2.24. The highest BCUT2D eigenvalue weighted by molar-refractivity contribution is 7.92. The van der Waals surface area contributed by atoms with E-state index in [1.165, 1.54) is 12.1 Å². The maximum Gasteiger partial charge on any atom is 0.261 e. The Morgan fingerprint density at radius 2 is 1.90 bits per heavy atom. The molecular formula is C13H11ClFNO3S. The largest absolute Gasteiger partial charge is 0.508 e. The van der Waals surface area contributed by atoms with Gasteiger partial charge in [-0.3, -0.25) is 4.72 Å². The van der Waals surface area contributed by atoms with Crippen molar-refractivity contribution < 1.29 is 17.9 Å². The van der Waals surface area contributed by atoms with E-state index in [4.69, 9.17) is 11.6 Å². The predicted octanol–water partition coefficient (Wildman–Crippen LogP) is 3.29. The lowest BCUT2D eigenvalue weighted by atomic mass is 10.2. The molecule has 0 saturated heterocycles. The van der Waals surface area contributed by atoms with E-state index in [9.17, 15) is 17.9 Å². The zero-order valence-electron chi connectivity index (χ0n) is 10.4. The summed E-state index contributed by atoms with van der Waals surface area (Å²) in [6.07, 6.45) is 0. The van der Waals surface area contributed by atoms with Crippen LogP contribution in [0.15, 0.2) is 41.3 Å². The summed E-state index contributed by atoms with van der Waals surface area (Å²) >= 11 is 5.88. The van der Waals surface area contributed by atoms with Gasteiger partial charge in [0, 0.05) is 17.2 Å². The number of hydrogen-bond acceptors (Lipinski definition) is 3. The Morgan fingerprint density at radius 3 is 2.50 bits per heavy atom. The van der Waals surface area contributed by atoms with Crippen LogP contribution in [-0.4, -0.2) is 13.5 Å². The summed E-state index contributed by atoms with van der Waals surface area (Å²) in [5.74, 6) is -1.12. The SMILES string of the molecule is Cc1ccc(S(=O)(=O)Nc2cc(O)cc(F)c2)cc1Cl. The number of aromatic hydroxyl groups is 1. The third kappa shape index (κ3) is 3.20. The fraction of sp³-hybridized carbons (Fsp3) is 0.0769. The quantitative estimate of drug-likeness (QED) is 0.913. The van der Waals surface area contributed by atoms with E-state index in [0.29, 0.717) is 5.02 Å². The van der Waals surface area contributed by atoms with Gasteiger partial charge in [-0.1, -0.05) is 17.7 Å². The van der Waals surface area contributed by atoms with Gasteiger partial charge in [0.25, 0.3) is 10.0 Å². The number of sulfonamides is 1. The van der Waals surface area contributed by atoms with Gasteiger partial charge in [0.2, 0.25) is 0 Å². The van der Waals surface area contributed by atoms with Gasteiger partial charge in [0.05, 0.1) is 10.6 Å². The first-order chi connectivity index (χ1) is 9.28. The zero-order chi connectivity index (χ0) is 14.9. The molecule has 20 heavy (non-hydrogen) atoms. The van der Waals surface area contributed by atoms with Crippen LogP contribution in [0.25, 0.3) is 0 Å².